The molecule has 19 heavy (non-hydrogen) atoms. The minimum Gasteiger partial charge on any atom is -0.488 e. The van der Waals surface area contributed by atoms with Crippen LogP contribution in [0.4, 0.5) is 8.78 Å². The second-order valence-corrected chi connectivity index (χ2v) is 4.77. The lowest BCUT2D eigenvalue weighted by Crippen LogP contribution is -2.02. The van der Waals surface area contributed by atoms with Gasteiger partial charge in [0.2, 0.25) is 0 Å². The van der Waals surface area contributed by atoms with Crippen molar-refractivity contribution in [3.8, 4) is 5.75 Å². The lowest BCUT2D eigenvalue weighted by Gasteiger charge is -2.10. The second-order valence-electron chi connectivity index (χ2n) is 3.91. The summed E-state index contributed by atoms with van der Waals surface area (Å²) in [7, 11) is 0. The smallest absolute Gasteiger partial charge is 0.134 e. The lowest BCUT2D eigenvalue weighted by molar-refractivity contribution is 0.279. The van der Waals surface area contributed by atoms with Crippen LogP contribution in [0.1, 0.15) is 11.1 Å². The van der Waals surface area contributed by atoms with Gasteiger partial charge in [0.25, 0.3) is 0 Å². The normalized spacial score (nSPS) is 10.5. The van der Waals surface area contributed by atoms with Gasteiger partial charge in [0.1, 0.15) is 24.0 Å². The molecule has 2 aromatic carbocycles. The molecule has 0 aliphatic heterocycles. The number of aliphatic hydroxyl groups is 1. The van der Waals surface area contributed by atoms with Crippen molar-refractivity contribution in [2.45, 2.75) is 13.2 Å². The summed E-state index contributed by atoms with van der Waals surface area (Å²) in [4.78, 5) is 0. The summed E-state index contributed by atoms with van der Waals surface area (Å²) >= 11 is 3.27. The molecule has 0 spiro atoms. The third kappa shape index (κ3) is 3.30. The van der Waals surface area contributed by atoms with Gasteiger partial charge in [-0.25, -0.2) is 8.78 Å². The van der Waals surface area contributed by atoms with Crippen LogP contribution in [0.3, 0.4) is 0 Å². The Labute approximate surface area is 117 Å². The summed E-state index contributed by atoms with van der Waals surface area (Å²) in [6.07, 6.45) is 0. The van der Waals surface area contributed by atoms with Crippen LogP contribution in [0.5, 0.6) is 5.75 Å². The number of hydrogen-bond acceptors (Lipinski definition) is 2. The summed E-state index contributed by atoms with van der Waals surface area (Å²) in [6.45, 7) is -0.281. The fraction of sp³-hybridized carbons (Fsp3) is 0.143. The minimum absolute atomic E-state index is 0.0825. The average molecular weight is 329 g/mol. The van der Waals surface area contributed by atoms with E-state index >= 15 is 0 Å². The molecule has 0 fully saturated rings. The Balaban J connectivity index is 2.15. The van der Waals surface area contributed by atoms with Crippen molar-refractivity contribution in [2.75, 3.05) is 0 Å². The molecular formula is C14H11BrF2O2. The van der Waals surface area contributed by atoms with Crippen molar-refractivity contribution in [3.05, 3.63) is 63.6 Å². The topological polar surface area (TPSA) is 29.5 Å². The molecule has 0 aromatic heterocycles. The van der Waals surface area contributed by atoms with E-state index < -0.39 is 11.6 Å². The fourth-order valence-electron chi connectivity index (χ4n) is 1.58. The Kier molecular flexibility index (Phi) is 4.50. The largest absolute Gasteiger partial charge is 0.488 e. The molecular weight excluding hydrogens is 318 g/mol. The van der Waals surface area contributed by atoms with Gasteiger partial charge in [-0.1, -0.05) is 12.1 Å². The molecule has 2 aromatic rings. The van der Waals surface area contributed by atoms with Crippen molar-refractivity contribution in [1.82, 2.24) is 0 Å². The van der Waals surface area contributed by atoms with Crippen molar-refractivity contribution < 1.29 is 18.6 Å². The first-order chi connectivity index (χ1) is 9.11. The molecule has 0 amide bonds. The monoisotopic (exact) mass is 328 g/mol. The maximum absolute atomic E-state index is 13.4. The quantitative estimate of drug-likeness (QED) is 0.925. The van der Waals surface area contributed by atoms with E-state index in [2.05, 4.69) is 15.9 Å². The Morgan fingerprint density at radius 1 is 1.11 bits per heavy atom. The van der Waals surface area contributed by atoms with Gasteiger partial charge in [-0.2, -0.15) is 0 Å². The number of hydrogen-bond donors (Lipinski definition) is 1. The van der Waals surface area contributed by atoms with E-state index in [9.17, 15) is 8.78 Å². The van der Waals surface area contributed by atoms with E-state index in [0.717, 1.165) is 5.56 Å². The minimum atomic E-state index is -0.636. The number of benzene rings is 2. The van der Waals surface area contributed by atoms with Crippen LogP contribution in [0, 0.1) is 11.6 Å². The van der Waals surface area contributed by atoms with E-state index in [0.29, 0.717) is 10.2 Å². The van der Waals surface area contributed by atoms with Crippen LogP contribution in [0.25, 0.3) is 0 Å². The van der Waals surface area contributed by atoms with Gasteiger partial charge < -0.3 is 9.84 Å². The highest BCUT2D eigenvalue weighted by molar-refractivity contribution is 9.10. The Morgan fingerprint density at radius 3 is 2.37 bits per heavy atom. The summed E-state index contributed by atoms with van der Waals surface area (Å²) in [5.74, 6) is -0.814. The van der Waals surface area contributed by atoms with Crippen molar-refractivity contribution >= 4 is 15.9 Å². The van der Waals surface area contributed by atoms with E-state index in [1.54, 1.807) is 18.2 Å². The van der Waals surface area contributed by atoms with Gasteiger partial charge in [-0.3, -0.25) is 0 Å². The molecule has 100 valence electrons. The molecule has 0 unspecified atom stereocenters. The van der Waals surface area contributed by atoms with E-state index in [-0.39, 0.29) is 18.8 Å². The number of halogens is 3. The highest BCUT2D eigenvalue weighted by Crippen LogP contribution is 2.27. The summed E-state index contributed by atoms with van der Waals surface area (Å²) in [6, 6.07) is 8.68. The Hall–Kier alpha value is -1.46. The molecule has 0 saturated heterocycles. The van der Waals surface area contributed by atoms with Crippen LogP contribution in [-0.4, -0.2) is 5.11 Å². The van der Waals surface area contributed by atoms with Crippen LogP contribution in [-0.2, 0) is 13.2 Å². The van der Waals surface area contributed by atoms with E-state index in [1.165, 1.54) is 18.2 Å². The van der Waals surface area contributed by atoms with Crippen LogP contribution in [0.2, 0.25) is 0 Å². The van der Waals surface area contributed by atoms with Crippen molar-refractivity contribution in [3.63, 3.8) is 0 Å². The van der Waals surface area contributed by atoms with Crippen LogP contribution < -0.4 is 4.74 Å². The number of ether oxygens (including phenoxy) is 1. The predicted octanol–water partition coefficient (Wildman–Crippen LogP) is 3.80. The maximum atomic E-state index is 13.4. The Morgan fingerprint density at radius 2 is 1.79 bits per heavy atom. The van der Waals surface area contributed by atoms with E-state index in [4.69, 9.17) is 9.84 Å². The van der Waals surface area contributed by atoms with Gasteiger partial charge in [0.15, 0.2) is 0 Å². The highest BCUT2D eigenvalue weighted by atomic mass is 79.9. The number of aliphatic hydroxyl groups excluding tert-OH is 1. The molecule has 5 heteroatoms. The standard InChI is InChI=1S/C14H11BrF2O2/c15-11-6-9(7-18)4-5-14(11)19-8-10-12(16)2-1-3-13(10)17/h1-6,18H,7-8H2. The molecule has 0 bridgehead atoms. The Bertz CT molecular complexity index is 567. The molecule has 0 heterocycles. The predicted molar refractivity (Wildman–Crippen MR) is 70.8 cm³/mol. The molecule has 0 atom stereocenters. The molecule has 2 rings (SSSR count). The summed E-state index contributed by atoms with van der Waals surface area (Å²) in [5, 5.41) is 8.97. The van der Waals surface area contributed by atoms with Gasteiger partial charge in [0.05, 0.1) is 16.6 Å². The third-order valence-electron chi connectivity index (χ3n) is 2.61. The molecule has 0 aliphatic rings. The lowest BCUT2D eigenvalue weighted by atomic mass is 10.2. The van der Waals surface area contributed by atoms with Gasteiger partial charge in [-0.05, 0) is 45.8 Å². The molecule has 0 aliphatic carbocycles. The first-order valence-corrected chi connectivity index (χ1v) is 6.36. The zero-order chi connectivity index (χ0) is 13.8. The van der Waals surface area contributed by atoms with Gasteiger partial charge in [-0.15, -0.1) is 0 Å². The summed E-state index contributed by atoms with van der Waals surface area (Å²) < 4.78 is 32.8. The molecule has 0 radical (unpaired) electrons. The highest BCUT2D eigenvalue weighted by Gasteiger charge is 2.10. The van der Waals surface area contributed by atoms with Gasteiger partial charge in [0, 0.05) is 0 Å². The number of rotatable bonds is 4. The molecule has 0 saturated carbocycles. The fourth-order valence-corrected chi connectivity index (χ4v) is 2.12. The van der Waals surface area contributed by atoms with Crippen molar-refractivity contribution in [2.24, 2.45) is 0 Å². The van der Waals surface area contributed by atoms with E-state index in [1.807, 2.05) is 0 Å². The average Bonchev–Trinajstić information content (AvgIpc) is 2.39. The zero-order valence-corrected chi connectivity index (χ0v) is 11.5. The maximum Gasteiger partial charge on any atom is 0.134 e. The van der Waals surface area contributed by atoms with Crippen LogP contribution >= 0.6 is 15.9 Å². The third-order valence-corrected chi connectivity index (χ3v) is 3.23. The SMILES string of the molecule is OCc1ccc(OCc2c(F)cccc2F)c(Br)c1. The summed E-state index contributed by atoms with van der Waals surface area (Å²) in [5.41, 5.74) is 0.608. The van der Waals surface area contributed by atoms with Crippen molar-refractivity contribution in [1.29, 1.82) is 0 Å². The zero-order valence-electron chi connectivity index (χ0n) is 9.87. The van der Waals surface area contributed by atoms with Gasteiger partial charge >= 0.3 is 0 Å². The van der Waals surface area contributed by atoms with Crippen LogP contribution in [0.15, 0.2) is 40.9 Å². The first-order valence-electron chi connectivity index (χ1n) is 5.57. The second kappa shape index (κ2) is 6.12. The first kappa shape index (κ1) is 14.0. The molecule has 2 nitrogen and oxygen atoms in total. The molecule has 1 N–H and O–H groups in total.